The first-order chi connectivity index (χ1) is 11.2. The monoisotopic (exact) mass is 315 g/mol. The standard InChI is InChI=1S/C18H21NO4/c20-9-14-6-13-7-17(21)18(22)8-15(13)16(19-14)11-23-10-12-4-2-1-3-5-12/h1-5,7-8,14,16,19-22H,6,9-11H2/t14-,16-/m0/s1. The Balaban J connectivity index is 1.72. The summed E-state index contributed by atoms with van der Waals surface area (Å²) in [7, 11) is 0. The molecular weight excluding hydrogens is 294 g/mol. The second-order valence-electron chi connectivity index (χ2n) is 5.84. The molecule has 23 heavy (non-hydrogen) atoms. The van der Waals surface area contributed by atoms with E-state index < -0.39 is 0 Å². The van der Waals surface area contributed by atoms with E-state index in [2.05, 4.69) is 5.32 Å². The van der Waals surface area contributed by atoms with E-state index in [0.29, 0.717) is 19.6 Å². The Morgan fingerprint density at radius 1 is 1.09 bits per heavy atom. The number of benzene rings is 2. The molecule has 3 rings (SSSR count). The number of ether oxygens (including phenoxy) is 1. The maximum absolute atomic E-state index is 9.75. The molecule has 0 amide bonds. The number of aliphatic hydroxyl groups is 1. The van der Waals surface area contributed by atoms with Crippen molar-refractivity contribution in [2.45, 2.75) is 25.1 Å². The number of nitrogens with one attached hydrogen (secondary N) is 1. The van der Waals surface area contributed by atoms with Gasteiger partial charge in [0.25, 0.3) is 0 Å². The van der Waals surface area contributed by atoms with Crippen LogP contribution in [0.2, 0.25) is 0 Å². The van der Waals surface area contributed by atoms with Crippen LogP contribution < -0.4 is 5.32 Å². The first kappa shape index (κ1) is 15.8. The maximum atomic E-state index is 9.75. The molecule has 0 radical (unpaired) electrons. The molecule has 122 valence electrons. The van der Waals surface area contributed by atoms with Gasteiger partial charge >= 0.3 is 0 Å². The van der Waals surface area contributed by atoms with Gasteiger partial charge in [0.05, 0.1) is 25.9 Å². The number of aliphatic hydroxyl groups excluding tert-OH is 1. The fraction of sp³-hybridized carbons (Fsp3) is 0.333. The van der Waals surface area contributed by atoms with Crippen molar-refractivity contribution in [3.8, 4) is 11.5 Å². The van der Waals surface area contributed by atoms with E-state index >= 15 is 0 Å². The zero-order chi connectivity index (χ0) is 16.2. The number of rotatable bonds is 5. The summed E-state index contributed by atoms with van der Waals surface area (Å²) in [6.45, 7) is 0.932. The van der Waals surface area contributed by atoms with Crippen LogP contribution in [-0.4, -0.2) is 34.6 Å². The molecule has 2 aromatic carbocycles. The molecule has 0 saturated carbocycles. The lowest BCUT2D eigenvalue weighted by molar-refractivity contribution is 0.0871. The molecule has 0 aliphatic carbocycles. The summed E-state index contributed by atoms with van der Waals surface area (Å²) in [5, 5.41) is 32.2. The van der Waals surface area contributed by atoms with Gasteiger partial charge in [0, 0.05) is 6.04 Å². The quantitative estimate of drug-likeness (QED) is 0.633. The molecule has 0 bridgehead atoms. The molecule has 0 aromatic heterocycles. The lowest BCUT2D eigenvalue weighted by Crippen LogP contribution is -2.43. The van der Waals surface area contributed by atoms with E-state index in [1.807, 2.05) is 30.3 Å². The van der Waals surface area contributed by atoms with E-state index in [0.717, 1.165) is 16.7 Å². The van der Waals surface area contributed by atoms with Crippen molar-refractivity contribution < 1.29 is 20.1 Å². The van der Waals surface area contributed by atoms with Gasteiger partial charge < -0.3 is 25.4 Å². The minimum Gasteiger partial charge on any atom is -0.504 e. The Bertz CT molecular complexity index is 660. The molecule has 5 nitrogen and oxygen atoms in total. The van der Waals surface area contributed by atoms with Crippen molar-refractivity contribution in [2.75, 3.05) is 13.2 Å². The highest BCUT2D eigenvalue weighted by Gasteiger charge is 2.27. The normalized spacial score (nSPS) is 20.2. The molecule has 0 unspecified atom stereocenters. The molecule has 1 heterocycles. The van der Waals surface area contributed by atoms with Crippen LogP contribution in [0.15, 0.2) is 42.5 Å². The van der Waals surface area contributed by atoms with E-state index in [9.17, 15) is 15.3 Å². The van der Waals surface area contributed by atoms with E-state index in [1.54, 1.807) is 12.1 Å². The molecule has 0 saturated heterocycles. The van der Waals surface area contributed by atoms with Crippen molar-refractivity contribution in [3.63, 3.8) is 0 Å². The Kier molecular flexibility index (Phi) is 4.81. The van der Waals surface area contributed by atoms with Gasteiger partial charge in [-0.25, -0.2) is 0 Å². The average Bonchev–Trinajstić information content (AvgIpc) is 2.57. The Morgan fingerprint density at radius 2 is 1.83 bits per heavy atom. The van der Waals surface area contributed by atoms with Gasteiger partial charge in [0.2, 0.25) is 0 Å². The van der Waals surface area contributed by atoms with Gasteiger partial charge in [-0.05, 0) is 35.2 Å². The lowest BCUT2D eigenvalue weighted by Gasteiger charge is -2.32. The zero-order valence-electron chi connectivity index (χ0n) is 12.8. The molecule has 0 fully saturated rings. The third-order valence-electron chi connectivity index (χ3n) is 4.13. The number of hydrogen-bond acceptors (Lipinski definition) is 5. The minimum atomic E-state index is -0.138. The third kappa shape index (κ3) is 3.64. The van der Waals surface area contributed by atoms with Crippen molar-refractivity contribution in [3.05, 3.63) is 59.2 Å². The topological polar surface area (TPSA) is 82.0 Å². The summed E-state index contributed by atoms with van der Waals surface area (Å²) >= 11 is 0. The number of aromatic hydroxyl groups is 2. The largest absolute Gasteiger partial charge is 0.504 e. The summed E-state index contributed by atoms with van der Waals surface area (Å²) in [6, 6.07) is 12.8. The molecular formula is C18H21NO4. The fourth-order valence-electron chi connectivity index (χ4n) is 2.96. The highest BCUT2D eigenvalue weighted by atomic mass is 16.5. The molecule has 0 spiro atoms. The number of phenols is 2. The van der Waals surface area contributed by atoms with E-state index in [1.165, 1.54) is 0 Å². The molecule has 2 atom stereocenters. The predicted octanol–water partition coefficient (Wildman–Crippen LogP) is 1.86. The van der Waals surface area contributed by atoms with Gasteiger partial charge in [0.15, 0.2) is 11.5 Å². The second kappa shape index (κ2) is 7.00. The van der Waals surface area contributed by atoms with E-state index in [4.69, 9.17) is 4.74 Å². The summed E-state index contributed by atoms with van der Waals surface area (Å²) < 4.78 is 5.79. The summed E-state index contributed by atoms with van der Waals surface area (Å²) in [5.41, 5.74) is 2.92. The van der Waals surface area contributed by atoms with Crippen LogP contribution >= 0.6 is 0 Å². The van der Waals surface area contributed by atoms with Gasteiger partial charge in [-0.2, -0.15) is 0 Å². The molecule has 1 aliphatic rings. The number of fused-ring (bicyclic) bond motifs is 1. The average molecular weight is 315 g/mol. The van der Waals surface area contributed by atoms with Crippen LogP contribution in [0.25, 0.3) is 0 Å². The Morgan fingerprint density at radius 3 is 2.57 bits per heavy atom. The Hall–Kier alpha value is -2.08. The molecule has 4 N–H and O–H groups in total. The Labute approximate surface area is 135 Å². The van der Waals surface area contributed by atoms with Crippen molar-refractivity contribution in [2.24, 2.45) is 0 Å². The maximum Gasteiger partial charge on any atom is 0.157 e. The zero-order valence-corrected chi connectivity index (χ0v) is 12.8. The first-order valence-corrected chi connectivity index (χ1v) is 7.70. The van der Waals surface area contributed by atoms with Gasteiger partial charge in [-0.1, -0.05) is 30.3 Å². The molecule has 5 heteroatoms. The fourth-order valence-corrected chi connectivity index (χ4v) is 2.96. The molecule has 2 aromatic rings. The summed E-state index contributed by atoms with van der Waals surface area (Å²) in [5.74, 6) is -0.271. The third-order valence-corrected chi connectivity index (χ3v) is 4.13. The number of phenolic OH excluding ortho intramolecular Hbond substituents is 2. The second-order valence-corrected chi connectivity index (χ2v) is 5.84. The first-order valence-electron chi connectivity index (χ1n) is 7.70. The minimum absolute atomic E-state index is 0.0102. The number of hydrogen-bond donors (Lipinski definition) is 4. The predicted molar refractivity (Wildman–Crippen MR) is 86.3 cm³/mol. The van der Waals surface area contributed by atoms with Crippen LogP contribution in [0.5, 0.6) is 11.5 Å². The molecule has 1 aliphatic heterocycles. The van der Waals surface area contributed by atoms with Crippen molar-refractivity contribution in [1.82, 2.24) is 5.32 Å². The van der Waals surface area contributed by atoms with Crippen LogP contribution in [0, 0.1) is 0 Å². The van der Waals surface area contributed by atoms with Crippen molar-refractivity contribution >= 4 is 0 Å². The van der Waals surface area contributed by atoms with Crippen LogP contribution in [0.3, 0.4) is 0 Å². The van der Waals surface area contributed by atoms with Crippen molar-refractivity contribution in [1.29, 1.82) is 0 Å². The smallest absolute Gasteiger partial charge is 0.157 e. The summed E-state index contributed by atoms with van der Waals surface area (Å²) in [4.78, 5) is 0. The highest BCUT2D eigenvalue weighted by Crippen LogP contribution is 2.35. The SMILES string of the molecule is OC[C@@H]1Cc2cc(O)c(O)cc2[C@H](COCc2ccccc2)N1. The van der Waals surface area contributed by atoms with Crippen LogP contribution in [0.4, 0.5) is 0 Å². The lowest BCUT2D eigenvalue weighted by atomic mass is 9.90. The van der Waals surface area contributed by atoms with Crippen LogP contribution in [0.1, 0.15) is 22.7 Å². The highest BCUT2D eigenvalue weighted by molar-refractivity contribution is 5.48. The van der Waals surface area contributed by atoms with Gasteiger partial charge in [-0.3, -0.25) is 0 Å². The van der Waals surface area contributed by atoms with E-state index in [-0.39, 0.29) is 30.2 Å². The summed E-state index contributed by atoms with van der Waals surface area (Å²) in [6.07, 6.45) is 0.606. The van der Waals surface area contributed by atoms with Crippen LogP contribution in [-0.2, 0) is 17.8 Å². The van der Waals surface area contributed by atoms with Gasteiger partial charge in [0.1, 0.15) is 0 Å². The van der Waals surface area contributed by atoms with Gasteiger partial charge in [-0.15, -0.1) is 0 Å².